The van der Waals surface area contributed by atoms with E-state index in [0.717, 1.165) is 15.2 Å². The molecule has 1 aliphatic rings. The molecule has 0 aromatic carbocycles. The van der Waals surface area contributed by atoms with Crippen molar-refractivity contribution in [2.45, 2.75) is 56.6 Å². The molecule has 7 heteroatoms. The number of hydrogen-bond acceptors (Lipinski definition) is 6. The van der Waals surface area contributed by atoms with Crippen LogP contribution in [0.5, 0.6) is 0 Å². The summed E-state index contributed by atoms with van der Waals surface area (Å²) >= 11 is 3.00. The molecule has 128 valence electrons. The van der Waals surface area contributed by atoms with E-state index >= 15 is 0 Å². The SMILES string of the molecule is CC1(C)CC(=O)CC(C)(C)N1C(=O)CSc1ncnc2sccc12. The number of ketones is 1. The maximum absolute atomic E-state index is 12.9. The molecular formula is C17H21N3O2S2. The lowest BCUT2D eigenvalue weighted by Gasteiger charge is -2.52. The van der Waals surface area contributed by atoms with Crippen LogP contribution in [-0.2, 0) is 9.59 Å². The fourth-order valence-corrected chi connectivity index (χ4v) is 5.39. The largest absolute Gasteiger partial charge is 0.331 e. The summed E-state index contributed by atoms with van der Waals surface area (Å²) < 4.78 is 0. The number of hydrogen-bond donors (Lipinski definition) is 0. The average molecular weight is 364 g/mol. The molecule has 0 atom stereocenters. The molecule has 1 saturated heterocycles. The average Bonchev–Trinajstić information content (AvgIpc) is 2.90. The number of rotatable bonds is 3. The van der Waals surface area contributed by atoms with Crippen LogP contribution < -0.4 is 0 Å². The highest BCUT2D eigenvalue weighted by molar-refractivity contribution is 8.00. The Labute approximate surface area is 149 Å². The number of fused-ring (bicyclic) bond motifs is 1. The van der Waals surface area contributed by atoms with Crippen LogP contribution in [0.1, 0.15) is 40.5 Å². The number of amides is 1. The standard InChI is InChI=1S/C17H21N3O2S2/c1-16(2)7-11(21)8-17(3,4)20(16)13(22)9-24-15-12-5-6-23-14(12)18-10-19-15/h5-6,10H,7-9H2,1-4H3. The van der Waals surface area contributed by atoms with E-state index in [4.69, 9.17) is 0 Å². The number of aromatic nitrogens is 2. The van der Waals surface area contributed by atoms with E-state index in [1.165, 1.54) is 11.8 Å². The smallest absolute Gasteiger partial charge is 0.233 e. The van der Waals surface area contributed by atoms with Crippen molar-refractivity contribution < 1.29 is 9.59 Å². The molecule has 1 amide bonds. The second kappa shape index (κ2) is 6.11. The first kappa shape index (κ1) is 17.4. The Morgan fingerprint density at radius 1 is 1.25 bits per heavy atom. The third-order valence-electron chi connectivity index (χ3n) is 4.28. The van der Waals surface area contributed by atoms with Gasteiger partial charge in [0.15, 0.2) is 0 Å². The van der Waals surface area contributed by atoms with Crippen molar-refractivity contribution in [2.24, 2.45) is 0 Å². The van der Waals surface area contributed by atoms with E-state index in [0.29, 0.717) is 18.6 Å². The van der Waals surface area contributed by atoms with Gasteiger partial charge in [-0.25, -0.2) is 9.97 Å². The molecule has 0 saturated carbocycles. The molecule has 0 spiro atoms. The molecule has 3 heterocycles. The number of carbonyl (C=O) groups is 2. The Morgan fingerprint density at radius 2 is 1.92 bits per heavy atom. The minimum absolute atomic E-state index is 0.0458. The number of thiophene rings is 1. The Morgan fingerprint density at radius 3 is 2.58 bits per heavy atom. The van der Waals surface area contributed by atoms with E-state index in [2.05, 4.69) is 9.97 Å². The van der Waals surface area contributed by atoms with Gasteiger partial charge >= 0.3 is 0 Å². The summed E-state index contributed by atoms with van der Waals surface area (Å²) in [7, 11) is 0. The van der Waals surface area contributed by atoms with Gasteiger partial charge in [0, 0.05) is 29.3 Å². The summed E-state index contributed by atoms with van der Waals surface area (Å²) in [5, 5.41) is 3.80. The summed E-state index contributed by atoms with van der Waals surface area (Å²) in [5.41, 5.74) is -0.917. The summed E-state index contributed by atoms with van der Waals surface area (Å²) in [6.07, 6.45) is 2.36. The number of likely N-dealkylation sites (tertiary alicyclic amines) is 1. The molecule has 0 radical (unpaired) electrons. The lowest BCUT2D eigenvalue weighted by Crippen LogP contribution is -2.63. The first-order valence-corrected chi connectivity index (χ1v) is 9.73. The predicted molar refractivity (Wildman–Crippen MR) is 97.4 cm³/mol. The van der Waals surface area contributed by atoms with Crippen LogP contribution in [0, 0.1) is 0 Å². The Hall–Kier alpha value is -1.47. The molecule has 1 fully saturated rings. The van der Waals surface area contributed by atoms with Crippen LogP contribution in [0.4, 0.5) is 0 Å². The van der Waals surface area contributed by atoms with E-state index in [9.17, 15) is 9.59 Å². The van der Waals surface area contributed by atoms with Crippen LogP contribution in [0.2, 0.25) is 0 Å². The maximum Gasteiger partial charge on any atom is 0.233 e. The van der Waals surface area contributed by atoms with Crippen molar-refractivity contribution in [3.05, 3.63) is 17.8 Å². The lowest BCUT2D eigenvalue weighted by molar-refractivity contribution is -0.151. The van der Waals surface area contributed by atoms with Gasteiger partial charge in [0.1, 0.15) is 22.0 Å². The fourth-order valence-electron chi connectivity index (χ4n) is 3.76. The van der Waals surface area contributed by atoms with Gasteiger partial charge in [0.05, 0.1) is 5.75 Å². The third-order valence-corrected chi connectivity index (χ3v) is 6.09. The number of piperidine rings is 1. The first-order chi connectivity index (χ1) is 11.2. The van der Waals surface area contributed by atoms with Crippen molar-refractivity contribution >= 4 is 45.0 Å². The highest BCUT2D eigenvalue weighted by atomic mass is 32.2. The van der Waals surface area contributed by atoms with Crippen LogP contribution in [0.15, 0.2) is 22.8 Å². The van der Waals surface area contributed by atoms with Crippen molar-refractivity contribution in [1.29, 1.82) is 0 Å². The van der Waals surface area contributed by atoms with Crippen LogP contribution in [0.25, 0.3) is 10.2 Å². The Bertz CT molecular complexity index is 778. The summed E-state index contributed by atoms with van der Waals surface area (Å²) in [6.45, 7) is 7.87. The topological polar surface area (TPSA) is 63.2 Å². The molecule has 0 bridgehead atoms. The van der Waals surface area contributed by atoms with Crippen LogP contribution in [-0.4, -0.2) is 43.4 Å². The number of nitrogens with zero attached hydrogens (tertiary/aromatic N) is 3. The van der Waals surface area contributed by atoms with Crippen LogP contribution >= 0.6 is 23.1 Å². The van der Waals surface area contributed by atoms with Crippen molar-refractivity contribution in [3.8, 4) is 0 Å². The second-order valence-corrected chi connectivity index (χ2v) is 9.21. The predicted octanol–water partition coefficient (Wildman–Crippen LogP) is 3.53. The van der Waals surface area contributed by atoms with Gasteiger partial charge in [-0.3, -0.25) is 9.59 Å². The van der Waals surface area contributed by atoms with E-state index in [1.54, 1.807) is 17.7 Å². The summed E-state index contributed by atoms with van der Waals surface area (Å²) in [5.74, 6) is 0.574. The number of thioether (sulfide) groups is 1. The first-order valence-electron chi connectivity index (χ1n) is 7.87. The van der Waals surface area contributed by atoms with E-state index in [1.807, 2.05) is 44.0 Å². The van der Waals surface area contributed by atoms with E-state index in [-0.39, 0.29) is 11.7 Å². The van der Waals surface area contributed by atoms with Gasteiger partial charge in [-0.2, -0.15) is 0 Å². The molecule has 1 aliphatic heterocycles. The highest BCUT2D eigenvalue weighted by Gasteiger charge is 2.47. The van der Waals surface area contributed by atoms with Crippen molar-refractivity contribution in [1.82, 2.24) is 14.9 Å². The second-order valence-electron chi connectivity index (χ2n) is 7.35. The normalized spacial score (nSPS) is 19.7. The summed E-state index contributed by atoms with van der Waals surface area (Å²) in [6, 6.07) is 1.99. The molecule has 0 aliphatic carbocycles. The van der Waals surface area contributed by atoms with Gasteiger partial charge < -0.3 is 4.90 Å². The van der Waals surface area contributed by atoms with Crippen molar-refractivity contribution in [2.75, 3.05) is 5.75 Å². The quantitative estimate of drug-likeness (QED) is 0.616. The Kier molecular flexibility index (Phi) is 4.42. The molecule has 0 unspecified atom stereocenters. The van der Waals surface area contributed by atoms with Gasteiger partial charge in [0.2, 0.25) is 5.91 Å². The molecule has 0 N–H and O–H groups in total. The number of Topliss-reactive ketones (excluding diaryl/α,β-unsaturated/α-hetero) is 1. The van der Waals surface area contributed by atoms with E-state index < -0.39 is 11.1 Å². The zero-order valence-electron chi connectivity index (χ0n) is 14.3. The van der Waals surface area contributed by atoms with Gasteiger partial charge in [0.25, 0.3) is 0 Å². The lowest BCUT2D eigenvalue weighted by atomic mass is 9.79. The summed E-state index contributed by atoms with van der Waals surface area (Å²) in [4.78, 5) is 36.3. The van der Waals surface area contributed by atoms with Gasteiger partial charge in [-0.05, 0) is 39.1 Å². The zero-order valence-corrected chi connectivity index (χ0v) is 16.0. The minimum atomic E-state index is -0.458. The molecule has 24 heavy (non-hydrogen) atoms. The maximum atomic E-state index is 12.9. The van der Waals surface area contributed by atoms with Gasteiger partial charge in [-0.1, -0.05) is 11.8 Å². The zero-order chi connectivity index (χ0) is 17.5. The van der Waals surface area contributed by atoms with Gasteiger partial charge in [-0.15, -0.1) is 11.3 Å². The Balaban J connectivity index is 1.79. The molecule has 2 aromatic heterocycles. The van der Waals surface area contributed by atoms with Crippen molar-refractivity contribution in [3.63, 3.8) is 0 Å². The molecular weight excluding hydrogens is 342 g/mol. The fraction of sp³-hybridized carbons (Fsp3) is 0.529. The molecule has 3 rings (SSSR count). The molecule has 5 nitrogen and oxygen atoms in total. The van der Waals surface area contributed by atoms with Crippen LogP contribution in [0.3, 0.4) is 0 Å². The molecule has 2 aromatic rings. The monoisotopic (exact) mass is 363 g/mol. The number of carbonyl (C=O) groups excluding carboxylic acids is 2. The third kappa shape index (κ3) is 3.19. The highest BCUT2D eigenvalue weighted by Crippen LogP contribution is 2.37. The minimum Gasteiger partial charge on any atom is -0.331 e.